The van der Waals surface area contributed by atoms with Gasteiger partial charge in [-0.3, -0.25) is 9.78 Å². The number of benzene rings is 1. The number of hydrogen-bond donors (Lipinski definition) is 1. The number of halogens is 1. The van der Waals surface area contributed by atoms with Crippen LogP contribution in [-0.4, -0.2) is 48.8 Å². The molecular formula is C18H20ClN3O3S. The highest BCUT2D eigenvalue weighted by Crippen LogP contribution is 2.24. The minimum atomic E-state index is -3.05. The first-order valence-electron chi connectivity index (χ1n) is 8.22. The fourth-order valence-corrected chi connectivity index (χ4v) is 4.98. The zero-order chi connectivity index (χ0) is 18.9. The summed E-state index contributed by atoms with van der Waals surface area (Å²) in [6.07, 6.45) is 2.02. The quantitative estimate of drug-likeness (QED) is 0.863. The molecule has 1 aliphatic heterocycles. The van der Waals surface area contributed by atoms with E-state index in [0.717, 1.165) is 16.9 Å². The summed E-state index contributed by atoms with van der Waals surface area (Å²) >= 11 is 5.97. The maximum atomic E-state index is 12.7. The van der Waals surface area contributed by atoms with Crippen molar-refractivity contribution in [3.8, 4) is 0 Å². The molecule has 2 heterocycles. The number of rotatable bonds is 4. The van der Waals surface area contributed by atoms with Crippen molar-refractivity contribution in [2.24, 2.45) is 0 Å². The van der Waals surface area contributed by atoms with Crippen molar-refractivity contribution in [1.82, 2.24) is 9.88 Å². The van der Waals surface area contributed by atoms with Gasteiger partial charge < -0.3 is 10.2 Å². The minimum Gasteiger partial charge on any atom is -0.355 e. The maximum absolute atomic E-state index is 12.7. The first-order chi connectivity index (χ1) is 12.2. The summed E-state index contributed by atoms with van der Waals surface area (Å²) in [5.41, 5.74) is 2.86. The van der Waals surface area contributed by atoms with E-state index in [0.29, 0.717) is 11.4 Å². The van der Waals surface area contributed by atoms with Crippen molar-refractivity contribution in [2.45, 2.75) is 19.4 Å². The Labute approximate surface area is 158 Å². The number of hydrogen-bond acceptors (Lipinski definition) is 5. The third-order valence-electron chi connectivity index (χ3n) is 4.52. The van der Waals surface area contributed by atoms with Gasteiger partial charge in [0.25, 0.3) is 5.91 Å². The molecule has 138 valence electrons. The predicted molar refractivity (Wildman–Crippen MR) is 103 cm³/mol. The molecule has 1 unspecified atom stereocenters. The van der Waals surface area contributed by atoms with Crippen LogP contribution < -0.4 is 5.32 Å². The van der Waals surface area contributed by atoms with Gasteiger partial charge in [0.2, 0.25) is 0 Å². The Morgan fingerprint density at radius 2 is 2.08 bits per heavy atom. The van der Waals surface area contributed by atoms with E-state index in [9.17, 15) is 13.2 Å². The fourth-order valence-electron chi connectivity index (χ4n) is 2.98. The van der Waals surface area contributed by atoms with E-state index in [4.69, 9.17) is 11.6 Å². The Hall–Kier alpha value is -2.12. The largest absolute Gasteiger partial charge is 0.355 e. The summed E-state index contributed by atoms with van der Waals surface area (Å²) in [5, 5.41) is 3.91. The Balaban J connectivity index is 1.77. The van der Waals surface area contributed by atoms with E-state index < -0.39 is 9.84 Å². The van der Waals surface area contributed by atoms with Gasteiger partial charge in [-0.25, -0.2) is 8.42 Å². The van der Waals surface area contributed by atoms with Gasteiger partial charge in [-0.2, -0.15) is 0 Å². The van der Waals surface area contributed by atoms with Crippen molar-refractivity contribution in [2.75, 3.05) is 23.9 Å². The number of aromatic nitrogens is 1. The molecular weight excluding hydrogens is 374 g/mol. The van der Waals surface area contributed by atoms with Crippen LogP contribution in [0.15, 0.2) is 36.5 Å². The van der Waals surface area contributed by atoms with E-state index in [1.165, 1.54) is 4.90 Å². The van der Waals surface area contributed by atoms with E-state index in [2.05, 4.69) is 10.3 Å². The Morgan fingerprint density at radius 1 is 1.31 bits per heavy atom. The third-order valence-corrected chi connectivity index (χ3v) is 6.51. The molecule has 0 spiro atoms. The summed E-state index contributed by atoms with van der Waals surface area (Å²) in [6.45, 7) is 1.94. The van der Waals surface area contributed by atoms with Crippen LogP contribution in [0.2, 0.25) is 5.02 Å². The predicted octanol–water partition coefficient (Wildman–Crippen LogP) is 3.05. The van der Waals surface area contributed by atoms with Gasteiger partial charge in [-0.15, -0.1) is 0 Å². The number of nitrogens with one attached hydrogen (secondary N) is 1. The zero-order valence-electron chi connectivity index (χ0n) is 14.6. The average Bonchev–Trinajstić information content (AvgIpc) is 2.96. The van der Waals surface area contributed by atoms with Gasteiger partial charge in [0.15, 0.2) is 9.84 Å². The first-order valence-corrected chi connectivity index (χ1v) is 10.4. The standard InChI is InChI=1S/C18H20ClN3O3S/c1-12-9-13(19)3-4-16(12)21-14-5-7-20-17(10-14)18(23)22(2)15-6-8-26(24,25)11-15/h3-5,7,9-10,15H,6,8,11H2,1-2H3,(H,20,21). The smallest absolute Gasteiger partial charge is 0.272 e. The molecule has 1 N–H and O–H groups in total. The second-order valence-corrected chi connectivity index (χ2v) is 9.15. The highest BCUT2D eigenvalue weighted by Gasteiger charge is 2.33. The van der Waals surface area contributed by atoms with Crippen molar-refractivity contribution in [3.05, 3.63) is 52.8 Å². The average molecular weight is 394 g/mol. The van der Waals surface area contributed by atoms with E-state index in [1.807, 2.05) is 19.1 Å². The van der Waals surface area contributed by atoms with Crippen LogP contribution in [0.1, 0.15) is 22.5 Å². The molecule has 0 aliphatic carbocycles. The van der Waals surface area contributed by atoms with Crippen LogP contribution in [0.4, 0.5) is 11.4 Å². The first kappa shape index (κ1) is 18.7. The van der Waals surface area contributed by atoms with Crippen LogP contribution in [-0.2, 0) is 9.84 Å². The Kier molecular flexibility index (Phi) is 5.20. The van der Waals surface area contributed by atoms with Crippen molar-refractivity contribution in [1.29, 1.82) is 0 Å². The lowest BCUT2D eigenvalue weighted by Crippen LogP contribution is -2.38. The zero-order valence-corrected chi connectivity index (χ0v) is 16.1. The van der Waals surface area contributed by atoms with Crippen LogP contribution in [0.5, 0.6) is 0 Å². The maximum Gasteiger partial charge on any atom is 0.272 e. The molecule has 26 heavy (non-hydrogen) atoms. The SMILES string of the molecule is Cc1cc(Cl)ccc1Nc1ccnc(C(=O)N(C)C2CCS(=O)(=O)C2)c1. The number of carbonyl (C=O) groups excluding carboxylic acids is 1. The van der Waals surface area contributed by atoms with Crippen LogP contribution in [0.25, 0.3) is 0 Å². The monoisotopic (exact) mass is 393 g/mol. The van der Waals surface area contributed by atoms with Gasteiger partial charge in [0, 0.05) is 35.7 Å². The Bertz CT molecular complexity index is 946. The Morgan fingerprint density at radius 3 is 2.73 bits per heavy atom. The van der Waals surface area contributed by atoms with Gasteiger partial charge in [0.05, 0.1) is 11.5 Å². The molecule has 1 aromatic carbocycles. The molecule has 6 nitrogen and oxygen atoms in total. The van der Waals surface area contributed by atoms with Crippen molar-refractivity contribution < 1.29 is 13.2 Å². The highest BCUT2D eigenvalue weighted by atomic mass is 35.5. The number of amides is 1. The molecule has 2 aromatic rings. The van der Waals surface area contributed by atoms with Crippen LogP contribution in [0.3, 0.4) is 0 Å². The molecule has 1 fully saturated rings. The topological polar surface area (TPSA) is 79.4 Å². The molecule has 1 aliphatic rings. The lowest BCUT2D eigenvalue weighted by Gasteiger charge is -2.23. The molecule has 1 atom stereocenters. The van der Waals surface area contributed by atoms with Gasteiger partial charge in [-0.1, -0.05) is 11.6 Å². The van der Waals surface area contributed by atoms with Gasteiger partial charge >= 0.3 is 0 Å². The van der Waals surface area contributed by atoms with Crippen LogP contribution in [0, 0.1) is 6.92 Å². The van der Waals surface area contributed by atoms with Gasteiger partial charge in [0.1, 0.15) is 5.69 Å². The lowest BCUT2D eigenvalue weighted by atomic mass is 10.2. The number of sulfone groups is 1. The summed E-state index contributed by atoms with van der Waals surface area (Å²) < 4.78 is 23.3. The lowest BCUT2D eigenvalue weighted by molar-refractivity contribution is 0.0742. The molecule has 3 rings (SSSR count). The molecule has 0 radical (unpaired) electrons. The summed E-state index contributed by atoms with van der Waals surface area (Å²) in [4.78, 5) is 18.3. The van der Waals surface area contributed by atoms with Crippen molar-refractivity contribution in [3.63, 3.8) is 0 Å². The number of pyridine rings is 1. The number of carbonyl (C=O) groups is 1. The summed E-state index contributed by atoms with van der Waals surface area (Å²) in [7, 11) is -1.43. The van der Waals surface area contributed by atoms with E-state index in [1.54, 1.807) is 31.4 Å². The highest BCUT2D eigenvalue weighted by molar-refractivity contribution is 7.91. The molecule has 1 amide bonds. The fraction of sp³-hybridized carbons (Fsp3) is 0.333. The normalized spacial score (nSPS) is 18.5. The van der Waals surface area contributed by atoms with Crippen molar-refractivity contribution >= 4 is 38.7 Å². The van der Waals surface area contributed by atoms with Gasteiger partial charge in [-0.05, 0) is 49.2 Å². The molecule has 0 saturated carbocycles. The van der Waals surface area contributed by atoms with E-state index >= 15 is 0 Å². The molecule has 1 aromatic heterocycles. The van der Waals surface area contributed by atoms with E-state index in [-0.39, 0.29) is 29.1 Å². The number of aryl methyl sites for hydroxylation is 1. The van der Waals surface area contributed by atoms with Crippen LogP contribution >= 0.6 is 11.6 Å². The molecule has 0 bridgehead atoms. The summed E-state index contributed by atoms with van der Waals surface area (Å²) in [5.74, 6) is -0.152. The molecule has 1 saturated heterocycles. The second-order valence-electron chi connectivity index (χ2n) is 6.49. The number of anilines is 2. The summed E-state index contributed by atoms with van der Waals surface area (Å²) in [6, 6.07) is 8.64. The molecule has 8 heteroatoms. The number of nitrogens with zero attached hydrogens (tertiary/aromatic N) is 2. The second kappa shape index (κ2) is 7.25. The third kappa shape index (κ3) is 4.16. The minimum absolute atomic E-state index is 0.0111.